The van der Waals surface area contributed by atoms with Crippen LogP contribution in [0.25, 0.3) is 0 Å². The molecule has 0 bridgehead atoms. The number of aliphatic hydroxyl groups is 2. The number of carbonyl (C=O) groups excluding carboxylic acids is 2. The molecule has 0 rings (SSSR count). The van der Waals surface area contributed by atoms with Crippen LogP contribution in [0.1, 0.15) is 239 Å². The van der Waals surface area contributed by atoms with E-state index in [0.29, 0.717) is 19.3 Å². The summed E-state index contributed by atoms with van der Waals surface area (Å²) in [5, 5.41) is 23.8. The lowest BCUT2D eigenvalue weighted by atomic mass is 10.0. The van der Waals surface area contributed by atoms with Crippen LogP contribution in [-0.4, -0.2) is 46.9 Å². The maximum atomic E-state index is 13.2. The molecule has 0 aliphatic heterocycles. The van der Waals surface area contributed by atoms with Gasteiger partial charge in [0.2, 0.25) is 5.91 Å². The van der Waals surface area contributed by atoms with Gasteiger partial charge in [0.1, 0.15) is 6.10 Å². The van der Waals surface area contributed by atoms with E-state index in [9.17, 15) is 19.8 Å². The fraction of sp³-hybridized carbons (Fsp3) is 0.719. The van der Waals surface area contributed by atoms with Gasteiger partial charge in [-0.25, -0.2) is 0 Å². The topological polar surface area (TPSA) is 95.9 Å². The quantitative estimate of drug-likeness (QED) is 0.0245. The number of allylic oxidation sites excluding steroid dienone is 14. The summed E-state index contributed by atoms with van der Waals surface area (Å²) >= 11 is 0. The molecule has 3 N–H and O–H groups in total. The predicted octanol–water partition coefficient (Wildman–Crippen LogP) is 16.0. The van der Waals surface area contributed by atoms with Crippen molar-refractivity contribution in [3.05, 3.63) is 85.1 Å². The summed E-state index contributed by atoms with van der Waals surface area (Å²) < 4.78 is 5.91. The van der Waals surface area contributed by atoms with Crippen molar-refractivity contribution >= 4 is 11.9 Å². The van der Waals surface area contributed by atoms with Gasteiger partial charge in [-0.05, 0) is 83.5 Å². The number of amides is 1. The van der Waals surface area contributed by atoms with Crippen molar-refractivity contribution in [2.24, 2.45) is 0 Å². The molecular weight excluding hydrogens is 779 g/mol. The Hall–Kier alpha value is -2.96. The minimum Gasteiger partial charge on any atom is -0.462 e. The van der Waals surface area contributed by atoms with Gasteiger partial charge in [-0.2, -0.15) is 0 Å². The Bertz CT molecular complexity index is 1210. The number of hydrogen-bond donors (Lipinski definition) is 3. The van der Waals surface area contributed by atoms with E-state index in [2.05, 4.69) is 111 Å². The Balaban J connectivity index is 4.64. The Kier molecular flexibility index (Phi) is 47.7. The maximum absolute atomic E-state index is 13.2. The number of nitrogens with one attached hydrogen (secondary N) is 1. The summed E-state index contributed by atoms with van der Waals surface area (Å²) in [5.41, 5.74) is 0. The SMILES string of the molecule is CC/C=C/C=C/C=C/CCCCCCCC(CC(=O)NC(CO)C(O)CCCCCCCCCCCCCCCCC)OC(=O)CCCCC/C=C/C/C=C/C/C=C/C/C=C/CC. The standard InChI is InChI=1S/C57H99NO5/c1-4-7-10-13-16-19-22-25-27-29-32-35-38-41-44-47-50-57(62)63-53(48-45-42-39-36-33-30-24-21-18-15-12-9-6-3)51-56(61)58-54(52-59)55(60)49-46-43-40-37-34-31-28-26-23-20-17-14-11-8-5-2/h7,9-10,12,15-16,18-19,21,24-25,27,32,35,53-55,59-60H,4-6,8,11,13-14,17,20,22-23,26,28-31,33-34,36-52H2,1-3H3,(H,58,61)/b10-7+,12-9+,18-15+,19-16+,24-21+,27-25+,35-32+. The molecule has 0 heterocycles. The first-order valence-electron chi connectivity index (χ1n) is 26.3. The molecule has 63 heavy (non-hydrogen) atoms. The van der Waals surface area contributed by atoms with E-state index < -0.39 is 18.2 Å². The second-order valence-electron chi connectivity index (χ2n) is 17.6. The average Bonchev–Trinajstić information content (AvgIpc) is 3.28. The first-order chi connectivity index (χ1) is 31.0. The first-order valence-corrected chi connectivity index (χ1v) is 26.3. The highest BCUT2D eigenvalue weighted by atomic mass is 16.5. The van der Waals surface area contributed by atoms with Crippen molar-refractivity contribution in [2.75, 3.05) is 6.61 Å². The van der Waals surface area contributed by atoms with Crippen LogP contribution in [0, 0.1) is 0 Å². The lowest BCUT2D eigenvalue weighted by molar-refractivity contribution is -0.151. The van der Waals surface area contributed by atoms with Crippen LogP contribution >= 0.6 is 0 Å². The Morgan fingerprint density at radius 1 is 0.492 bits per heavy atom. The van der Waals surface area contributed by atoms with Crippen molar-refractivity contribution in [3.8, 4) is 0 Å². The molecule has 0 aromatic carbocycles. The molecule has 1 amide bonds. The molecule has 0 aromatic heterocycles. The summed E-state index contributed by atoms with van der Waals surface area (Å²) in [6.45, 7) is 6.23. The number of aliphatic hydroxyl groups excluding tert-OH is 2. The number of hydrogen-bond acceptors (Lipinski definition) is 5. The highest BCUT2D eigenvalue weighted by Crippen LogP contribution is 2.17. The normalized spacial score (nSPS) is 13.9. The largest absolute Gasteiger partial charge is 0.462 e. The van der Waals surface area contributed by atoms with Gasteiger partial charge in [-0.3, -0.25) is 9.59 Å². The molecule has 3 unspecified atom stereocenters. The first kappa shape index (κ1) is 60.0. The number of unbranched alkanes of at least 4 members (excludes halogenated alkanes) is 22. The third-order valence-corrected chi connectivity index (χ3v) is 11.5. The second kappa shape index (κ2) is 50.0. The number of ether oxygens (including phenoxy) is 1. The monoisotopic (exact) mass is 878 g/mol. The maximum Gasteiger partial charge on any atom is 0.306 e. The summed E-state index contributed by atoms with van der Waals surface area (Å²) in [7, 11) is 0. The van der Waals surface area contributed by atoms with Gasteiger partial charge in [0.15, 0.2) is 0 Å². The molecule has 0 aliphatic rings. The minimum absolute atomic E-state index is 0.0471. The van der Waals surface area contributed by atoms with Crippen LogP contribution in [0.4, 0.5) is 0 Å². The van der Waals surface area contributed by atoms with E-state index >= 15 is 0 Å². The second-order valence-corrected chi connectivity index (χ2v) is 17.6. The molecule has 6 heteroatoms. The van der Waals surface area contributed by atoms with E-state index in [4.69, 9.17) is 4.74 Å². The third-order valence-electron chi connectivity index (χ3n) is 11.5. The number of carbonyl (C=O) groups is 2. The van der Waals surface area contributed by atoms with E-state index in [1.807, 2.05) is 0 Å². The van der Waals surface area contributed by atoms with Gasteiger partial charge >= 0.3 is 5.97 Å². The van der Waals surface area contributed by atoms with Crippen molar-refractivity contribution < 1.29 is 24.5 Å². The van der Waals surface area contributed by atoms with Crippen LogP contribution < -0.4 is 5.32 Å². The van der Waals surface area contributed by atoms with Crippen LogP contribution in [0.2, 0.25) is 0 Å². The van der Waals surface area contributed by atoms with Crippen molar-refractivity contribution in [3.63, 3.8) is 0 Å². The zero-order chi connectivity index (χ0) is 45.9. The van der Waals surface area contributed by atoms with E-state index in [1.54, 1.807) is 0 Å². The zero-order valence-electron chi connectivity index (χ0n) is 41.2. The lowest BCUT2D eigenvalue weighted by Crippen LogP contribution is -2.46. The molecule has 3 atom stereocenters. The zero-order valence-corrected chi connectivity index (χ0v) is 41.2. The van der Waals surface area contributed by atoms with Gasteiger partial charge in [-0.15, -0.1) is 0 Å². The van der Waals surface area contributed by atoms with E-state index in [1.165, 1.54) is 77.0 Å². The van der Waals surface area contributed by atoms with Gasteiger partial charge in [0, 0.05) is 6.42 Å². The molecule has 6 nitrogen and oxygen atoms in total. The van der Waals surface area contributed by atoms with Gasteiger partial charge < -0.3 is 20.3 Å². The number of esters is 1. The van der Waals surface area contributed by atoms with Crippen molar-refractivity contribution in [1.82, 2.24) is 5.32 Å². The summed E-state index contributed by atoms with van der Waals surface area (Å²) in [4.78, 5) is 26.2. The van der Waals surface area contributed by atoms with E-state index in [-0.39, 0.29) is 24.9 Å². The lowest BCUT2D eigenvalue weighted by Gasteiger charge is -2.24. The molecular formula is C57H99NO5. The Labute approximate surface area is 389 Å². The number of rotatable bonds is 46. The molecule has 0 radical (unpaired) electrons. The molecule has 0 aromatic rings. The Morgan fingerprint density at radius 2 is 0.937 bits per heavy atom. The highest BCUT2D eigenvalue weighted by Gasteiger charge is 2.24. The van der Waals surface area contributed by atoms with Crippen molar-refractivity contribution in [2.45, 2.75) is 257 Å². The van der Waals surface area contributed by atoms with Crippen molar-refractivity contribution in [1.29, 1.82) is 0 Å². The minimum atomic E-state index is -0.803. The fourth-order valence-corrected chi connectivity index (χ4v) is 7.60. The van der Waals surface area contributed by atoms with E-state index in [0.717, 1.165) is 116 Å². The molecule has 0 aliphatic carbocycles. The summed E-state index contributed by atoms with van der Waals surface area (Å²) in [6.07, 6.45) is 65.0. The predicted molar refractivity (Wildman–Crippen MR) is 273 cm³/mol. The Morgan fingerprint density at radius 3 is 1.48 bits per heavy atom. The van der Waals surface area contributed by atoms with Crippen LogP contribution in [0.5, 0.6) is 0 Å². The average molecular weight is 878 g/mol. The van der Waals surface area contributed by atoms with Crippen LogP contribution in [0.15, 0.2) is 85.1 Å². The summed E-state index contributed by atoms with van der Waals surface area (Å²) in [5.74, 6) is -0.534. The van der Waals surface area contributed by atoms with Gasteiger partial charge in [0.05, 0.1) is 25.2 Å². The van der Waals surface area contributed by atoms with Gasteiger partial charge in [0.25, 0.3) is 0 Å². The molecule has 0 fully saturated rings. The highest BCUT2D eigenvalue weighted by molar-refractivity contribution is 5.77. The molecule has 0 spiro atoms. The van der Waals surface area contributed by atoms with Gasteiger partial charge in [-0.1, -0.05) is 228 Å². The van der Waals surface area contributed by atoms with Crippen LogP contribution in [0.3, 0.4) is 0 Å². The molecule has 0 saturated carbocycles. The smallest absolute Gasteiger partial charge is 0.306 e. The molecule has 0 saturated heterocycles. The third kappa shape index (κ3) is 45.4. The molecule has 362 valence electrons. The summed E-state index contributed by atoms with van der Waals surface area (Å²) in [6, 6.07) is -0.719. The fourth-order valence-electron chi connectivity index (χ4n) is 7.60. The van der Waals surface area contributed by atoms with Crippen LogP contribution in [-0.2, 0) is 14.3 Å².